The number of nitrogens with one attached hydrogen (secondary N) is 1. The highest BCUT2D eigenvalue weighted by atomic mass is 16.5. The standard InChI is InChI=1S/C26H24N4O2/c1-25(2,3)27-24(31)26(32-21-14-8-5-9-15-21,19-18-20-12-6-4-7-13-20)30-23-17-11-10-16-22(23)28-29-30/h4-17H,1-3H3,(H,27,31). The molecule has 0 bridgehead atoms. The summed E-state index contributed by atoms with van der Waals surface area (Å²) < 4.78 is 7.81. The average Bonchev–Trinajstić information content (AvgIpc) is 3.21. The van der Waals surface area contributed by atoms with Gasteiger partial charge in [0, 0.05) is 11.1 Å². The number of aromatic nitrogens is 3. The summed E-state index contributed by atoms with van der Waals surface area (Å²) >= 11 is 0. The minimum Gasteiger partial charge on any atom is -0.447 e. The minimum atomic E-state index is -1.79. The van der Waals surface area contributed by atoms with E-state index in [9.17, 15) is 4.79 Å². The van der Waals surface area contributed by atoms with E-state index in [1.165, 1.54) is 4.68 Å². The topological polar surface area (TPSA) is 69.0 Å². The number of carbonyl (C=O) groups excluding carboxylic acids is 1. The molecule has 6 nitrogen and oxygen atoms in total. The van der Waals surface area contributed by atoms with Gasteiger partial charge in [-0.3, -0.25) is 4.79 Å². The number of para-hydroxylation sites is 2. The molecule has 1 amide bonds. The summed E-state index contributed by atoms with van der Waals surface area (Å²) in [6.45, 7) is 5.72. The number of hydrogen-bond donors (Lipinski definition) is 1. The zero-order valence-corrected chi connectivity index (χ0v) is 18.2. The monoisotopic (exact) mass is 424 g/mol. The molecule has 0 spiro atoms. The molecule has 4 aromatic rings. The summed E-state index contributed by atoms with van der Waals surface area (Å²) in [7, 11) is 0. The van der Waals surface area contributed by atoms with Gasteiger partial charge >= 0.3 is 11.6 Å². The van der Waals surface area contributed by atoms with Crippen LogP contribution in [0.2, 0.25) is 0 Å². The van der Waals surface area contributed by atoms with Gasteiger partial charge in [-0.1, -0.05) is 59.7 Å². The van der Waals surface area contributed by atoms with Crippen molar-refractivity contribution in [1.82, 2.24) is 20.3 Å². The molecule has 0 aliphatic carbocycles. The van der Waals surface area contributed by atoms with Gasteiger partial charge in [-0.25, -0.2) is 0 Å². The molecule has 1 unspecified atom stereocenters. The molecule has 0 saturated heterocycles. The number of hydrogen-bond acceptors (Lipinski definition) is 4. The molecule has 1 aromatic heterocycles. The van der Waals surface area contributed by atoms with Gasteiger partial charge in [0.1, 0.15) is 11.3 Å². The van der Waals surface area contributed by atoms with E-state index in [2.05, 4.69) is 27.5 Å². The van der Waals surface area contributed by atoms with Crippen LogP contribution in [-0.2, 0) is 10.5 Å². The molecule has 32 heavy (non-hydrogen) atoms. The Morgan fingerprint density at radius 3 is 2.22 bits per heavy atom. The van der Waals surface area contributed by atoms with Crippen molar-refractivity contribution >= 4 is 16.9 Å². The Hall–Kier alpha value is -4.11. The molecular formula is C26H24N4O2. The fourth-order valence-corrected chi connectivity index (χ4v) is 3.19. The van der Waals surface area contributed by atoms with Crippen molar-refractivity contribution in [2.45, 2.75) is 32.0 Å². The summed E-state index contributed by atoms with van der Waals surface area (Å²) in [6.07, 6.45) is 0. The average molecular weight is 425 g/mol. The summed E-state index contributed by atoms with van der Waals surface area (Å²) in [5.74, 6) is 6.24. The Morgan fingerprint density at radius 2 is 1.53 bits per heavy atom. The first-order valence-electron chi connectivity index (χ1n) is 10.3. The Bertz CT molecular complexity index is 1280. The SMILES string of the molecule is CC(C)(C)NC(=O)C(C#Cc1ccccc1)(Oc1ccccc1)n1nnc2ccccc21. The fourth-order valence-electron chi connectivity index (χ4n) is 3.19. The lowest BCUT2D eigenvalue weighted by Crippen LogP contribution is -2.57. The highest BCUT2D eigenvalue weighted by Gasteiger charge is 2.45. The van der Waals surface area contributed by atoms with E-state index in [0.717, 1.165) is 5.56 Å². The van der Waals surface area contributed by atoms with Crippen LogP contribution in [0.15, 0.2) is 84.9 Å². The van der Waals surface area contributed by atoms with Crippen molar-refractivity contribution in [2.75, 3.05) is 0 Å². The molecule has 0 saturated carbocycles. The summed E-state index contributed by atoms with van der Waals surface area (Å²) in [5, 5.41) is 11.6. The molecule has 1 atom stereocenters. The van der Waals surface area contributed by atoms with Gasteiger partial charge < -0.3 is 10.1 Å². The van der Waals surface area contributed by atoms with E-state index in [-0.39, 0.29) is 0 Å². The molecular weight excluding hydrogens is 400 g/mol. The van der Waals surface area contributed by atoms with E-state index in [4.69, 9.17) is 4.74 Å². The zero-order chi connectivity index (χ0) is 22.6. The van der Waals surface area contributed by atoms with Gasteiger partial charge in [0.05, 0.1) is 5.52 Å². The number of fused-ring (bicyclic) bond motifs is 1. The normalized spacial score (nSPS) is 13.0. The van der Waals surface area contributed by atoms with Crippen LogP contribution >= 0.6 is 0 Å². The number of rotatable bonds is 4. The maximum atomic E-state index is 13.8. The highest BCUT2D eigenvalue weighted by Crippen LogP contribution is 2.27. The van der Waals surface area contributed by atoms with E-state index in [1.807, 2.05) is 93.6 Å². The van der Waals surface area contributed by atoms with Crippen LogP contribution in [0.3, 0.4) is 0 Å². The maximum absolute atomic E-state index is 13.8. The van der Waals surface area contributed by atoms with Gasteiger partial charge in [0.25, 0.3) is 0 Å². The van der Waals surface area contributed by atoms with E-state index >= 15 is 0 Å². The number of ether oxygens (including phenoxy) is 1. The molecule has 1 N–H and O–H groups in total. The van der Waals surface area contributed by atoms with Crippen molar-refractivity contribution in [2.24, 2.45) is 0 Å². The van der Waals surface area contributed by atoms with Crippen molar-refractivity contribution in [3.8, 4) is 17.6 Å². The second-order valence-electron chi connectivity index (χ2n) is 8.37. The van der Waals surface area contributed by atoms with Gasteiger partial charge in [-0.15, -0.1) is 5.10 Å². The van der Waals surface area contributed by atoms with Crippen molar-refractivity contribution < 1.29 is 9.53 Å². The van der Waals surface area contributed by atoms with Crippen LogP contribution in [0.5, 0.6) is 5.75 Å². The number of amides is 1. The predicted octanol–water partition coefficient (Wildman–Crippen LogP) is 4.13. The first-order valence-corrected chi connectivity index (χ1v) is 10.3. The first kappa shape index (κ1) is 21.1. The molecule has 4 rings (SSSR count). The van der Waals surface area contributed by atoms with Crippen molar-refractivity contribution in [3.63, 3.8) is 0 Å². The van der Waals surface area contributed by atoms with Crippen LogP contribution in [-0.4, -0.2) is 26.4 Å². The molecule has 160 valence electrons. The van der Waals surface area contributed by atoms with E-state index in [1.54, 1.807) is 12.1 Å². The smallest absolute Gasteiger partial charge is 0.348 e. The fraction of sp³-hybridized carbons (Fsp3) is 0.192. The van der Waals surface area contributed by atoms with Crippen LogP contribution in [0.4, 0.5) is 0 Å². The van der Waals surface area contributed by atoms with Crippen molar-refractivity contribution in [1.29, 1.82) is 0 Å². The molecule has 0 fully saturated rings. The Kier molecular flexibility index (Phi) is 5.65. The summed E-state index contributed by atoms with van der Waals surface area (Å²) in [6, 6.07) is 26.0. The van der Waals surface area contributed by atoms with Gasteiger partial charge in [0.15, 0.2) is 0 Å². The maximum Gasteiger partial charge on any atom is 0.348 e. The molecule has 1 heterocycles. The minimum absolute atomic E-state index is 0.437. The zero-order valence-electron chi connectivity index (χ0n) is 18.2. The molecule has 3 aromatic carbocycles. The summed E-state index contributed by atoms with van der Waals surface area (Å²) in [5.41, 5.74) is -0.289. The molecule has 0 aliphatic heterocycles. The summed E-state index contributed by atoms with van der Waals surface area (Å²) in [4.78, 5) is 13.8. The number of carbonyl (C=O) groups is 1. The molecule has 6 heteroatoms. The molecule has 0 radical (unpaired) electrons. The lowest BCUT2D eigenvalue weighted by molar-refractivity contribution is -0.141. The quantitative estimate of drug-likeness (QED) is 0.500. The third-order valence-corrected chi connectivity index (χ3v) is 4.61. The predicted molar refractivity (Wildman–Crippen MR) is 124 cm³/mol. The van der Waals surface area contributed by atoms with E-state index < -0.39 is 17.2 Å². The highest BCUT2D eigenvalue weighted by molar-refractivity contribution is 5.89. The number of nitrogens with zero attached hydrogens (tertiary/aromatic N) is 3. The second-order valence-corrected chi connectivity index (χ2v) is 8.37. The van der Waals surface area contributed by atoms with Crippen LogP contribution in [0.25, 0.3) is 11.0 Å². The Balaban J connectivity index is 1.96. The van der Waals surface area contributed by atoms with Gasteiger partial charge in [-0.05, 0) is 63.1 Å². The molecule has 0 aliphatic rings. The third-order valence-electron chi connectivity index (χ3n) is 4.61. The lowest BCUT2D eigenvalue weighted by atomic mass is 10.1. The van der Waals surface area contributed by atoms with Crippen LogP contribution < -0.4 is 10.1 Å². The van der Waals surface area contributed by atoms with Crippen molar-refractivity contribution in [3.05, 3.63) is 90.5 Å². The third kappa shape index (κ3) is 4.47. The first-order chi connectivity index (χ1) is 15.4. The number of benzene rings is 3. The Morgan fingerprint density at radius 1 is 0.906 bits per heavy atom. The van der Waals surface area contributed by atoms with Gasteiger partial charge in [0.2, 0.25) is 0 Å². The van der Waals surface area contributed by atoms with Crippen LogP contribution in [0, 0.1) is 11.8 Å². The van der Waals surface area contributed by atoms with Gasteiger partial charge in [-0.2, -0.15) is 4.68 Å². The van der Waals surface area contributed by atoms with Crippen LogP contribution in [0.1, 0.15) is 26.3 Å². The van der Waals surface area contributed by atoms with E-state index in [0.29, 0.717) is 16.8 Å². The lowest BCUT2D eigenvalue weighted by Gasteiger charge is -2.32. The largest absolute Gasteiger partial charge is 0.447 e. The second kappa shape index (κ2) is 8.56. The Labute approximate surface area is 187 Å².